The van der Waals surface area contributed by atoms with E-state index in [-0.39, 0.29) is 0 Å². The monoisotopic (exact) mass is 302 g/mol. The number of ether oxygens (including phenoxy) is 1. The van der Waals surface area contributed by atoms with Crippen molar-refractivity contribution in [2.24, 2.45) is 0 Å². The molecule has 2 heterocycles. The van der Waals surface area contributed by atoms with Gasteiger partial charge in [-0.15, -0.1) is 0 Å². The Morgan fingerprint density at radius 3 is 1.53 bits per heavy atom. The van der Waals surface area contributed by atoms with Gasteiger partial charge in [-0.05, 0) is 25.7 Å². The molecule has 19 heavy (non-hydrogen) atoms. The molecule has 0 radical (unpaired) electrons. The molecular formula is C16H30OS2. The Labute approximate surface area is 128 Å². The van der Waals surface area contributed by atoms with Crippen LogP contribution < -0.4 is 0 Å². The third-order valence-electron chi connectivity index (χ3n) is 4.15. The van der Waals surface area contributed by atoms with E-state index >= 15 is 0 Å². The van der Waals surface area contributed by atoms with Crippen LogP contribution in [0.1, 0.15) is 65.2 Å². The Hall–Kier alpha value is 0.660. The number of hydrogen-bond acceptors (Lipinski definition) is 3. The van der Waals surface area contributed by atoms with E-state index in [2.05, 4.69) is 37.4 Å². The maximum absolute atomic E-state index is 5.81. The lowest BCUT2D eigenvalue weighted by Gasteiger charge is -2.02. The first-order valence-corrected chi connectivity index (χ1v) is 10.1. The zero-order valence-corrected chi connectivity index (χ0v) is 14.2. The average Bonchev–Trinajstić information content (AvgIpc) is 3.31. The van der Waals surface area contributed by atoms with Crippen LogP contribution in [0.15, 0.2) is 0 Å². The van der Waals surface area contributed by atoms with Gasteiger partial charge in [-0.1, -0.05) is 39.5 Å². The fourth-order valence-electron chi connectivity index (χ4n) is 2.69. The number of hydrogen-bond donors (Lipinski definition) is 0. The highest BCUT2D eigenvalue weighted by atomic mass is 32.2. The van der Waals surface area contributed by atoms with Gasteiger partial charge in [0.15, 0.2) is 0 Å². The molecule has 2 rings (SSSR count). The van der Waals surface area contributed by atoms with Crippen LogP contribution in [0.25, 0.3) is 0 Å². The molecule has 0 aliphatic carbocycles. The number of unbranched alkanes of at least 4 members (excludes halogenated alkanes) is 2. The minimum absolute atomic E-state index is 0.930. The zero-order chi connectivity index (χ0) is 13.5. The largest absolute Gasteiger partial charge is 0.381 e. The van der Waals surface area contributed by atoms with Crippen molar-refractivity contribution in [2.75, 3.05) is 13.2 Å². The first kappa shape index (κ1) is 16.0. The minimum Gasteiger partial charge on any atom is -0.381 e. The van der Waals surface area contributed by atoms with Crippen LogP contribution in [0.4, 0.5) is 0 Å². The lowest BCUT2D eigenvalue weighted by atomic mass is 10.1. The van der Waals surface area contributed by atoms with E-state index in [9.17, 15) is 0 Å². The Bertz CT molecular complexity index is 223. The van der Waals surface area contributed by atoms with Crippen LogP contribution in [-0.4, -0.2) is 34.2 Å². The van der Waals surface area contributed by atoms with Gasteiger partial charge in [0.05, 0.1) is 0 Å². The molecule has 0 saturated carbocycles. The molecule has 4 unspecified atom stereocenters. The number of rotatable bonds is 12. The van der Waals surface area contributed by atoms with Gasteiger partial charge in [0.1, 0.15) is 0 Å². The molecule has 3 heteroatoms. The van der Waals surface area contributed by atoms with Crippen LogP contribution in [-0.2, 0) is 4.74 Å². The molecule has 4 atom stereocenters. The van der Waals surface area contributed by atoms with Crippen LogP contribution >= 0.6 is 23.5 Å². The highest BCUT2D eigenvalue weighted by molar-refractivity contribution is 8.07. The molecular weight excluding hydrogens is 272 g/mol. The van der Waals surface area contributed by atoms with Crippen molar-refractivity contribution in [3.05, 3.63) is 0 Å². The third kappa shape index (κ3) is 6.31. The first-order chi connectivity index (χ1) is 9.35. The van der Waals surface area contributed by atoms with E-state index in [1.54, 1.807) is 0 Å². The van der Waals surface area contributed by atoms with Gasteiger partial charge in [-0.3, -0.25) is 0 Å². The van der Waals surface area contributed by atoms with Crippen molar-refractivity contribution < 1.29 is 4.74 Å². The van der Waals surface area contributed by atoms with E-state index < -0.39 is 0 Å². The number of thioether (sulfide) groups is 2. The maximum atomic E-state index is 5.81. The molecule has 2 aliphatic heterocycles. The SMILES string of the molecule is CCCCC1SC1CCOCCC1SC1CCCC. The molecule has 0 spiro atoms. The van der Waals surface area contributed by atoms with Crippen LogP contribution in [0.5, 0.6) is 0 Å². The lowest BCUT2D eigenvalue weighted by Crippen LogP contribution is -2.05. The summed E-state index contributed by atoms with van der Waals surface area (Å²) in [4.78, 5) is 0. The fraction of sp³-hybridized carbons (Fsp3) is 1.00. The summed E-state index contributed by atoms with van der Waals surface area (Å²) in [5.74, 6) is 0. The Morgan fingerprint density at radius 2 is 1.11 bits per heavy atom. The molecule has 0 aromatic heterocycles. The molecule has 0 amide bonds. The van der Waals surface area contributed by atoms with E-state index in [0.29, 0.717) is 0 Å². The second-order valence-electron chi connectivity index (χ2n) is 5.90. The third-order valence-corrected chi connectivity index (χ3v) is 7.18. The molecule has 1 nitrogen and oxygen atoms in total. The lowest BCUT2D eigenvalue weighted by molar-refractivity contribution is 0.131. The smallest absolute Gasteiger partial charge is 0.0477 e. The summed E-state index contributed by atoms with van der Waals surface area (Å²) >= 11 is 4.36. The predicted octanol–water partition coefficient (Wildman–Crippen LogP) is 5.13. The normalized spacial score (nSPS) is 32.5. The second kappa shape index (κ2) is 8.84. The van der Waals surface area contributed by atoms with E-state index in [1.165, 1.54) is 51.4 Å². The average molecular weight is 303 g/mol. The summed E-state index contributed by atoms with van der Waals surface area (Å²) in [6.45, 7) is 6.57. The van der Waals surface area contributed by atoms with Gasteiger partial charge in [0.2, 0.25) is 0 Å². The minimum atomic E-state index is 0.930. The first-order valence-electron chi connectivity index (χ1n) is 8.23. The zero-order valence-electron chi connectivity index (χ0n) is 12.6. The molecule has 2 fully saturated rings. The predicted molar refractivity (Wildman–Crippen MR) is 89.4 cm³/mol. The van der Waals surface area contributed by atoms with Gasteiger partial charge >= 0.3 is 0 Å². The van der Waals surface area contributed by atoms with Crippen molar-refractivity contribution in [1.29, 1.82) is 0 Å². The summed E-state index contributed by atoms with van der Waals surface area (Å²) in [5.41, 5.74) is 0. The molecule has 0 aromatic rings. The van der Waals surface area contributed by atoms with Gasteiger partial charge in [-0.25, -0.2) is 0 Å². The highest BCUT2D eigenvalue weighted by Gasteiger charge is 2.37. The topological polar surface area (TPSA) is 9.23 Å². The molecule has 0 aromatic carbocycles. The molecule has 0 bridgehead atoms. The van der Waals surface area contributed by atoms with Gasteiger partial charge in [0.25, 0.3) is 0 Å². The molecule has 2 aliphatic rings. The maximum Gasteiger partial charge on any atom is 0.0477 e. The highest BCUT2D eigenvalue weighted by Crippen LogP contribution is 2.47. The van der Waals surface area contributed by atoms with Gasteiger partial charge < -0.3 is 4.74 Å². The summed E-state index contributed by atoms with van der Waals surface area (Å²) in [5, 5.41) is 3.81. The summed E-state index contributed by atoms with van der Waals surface area (Å²) in [7, 11) is 0. The Balaban J connectivity index is 1.34. The summed E-state index contributed by atoms with van der Waals surface area (Å²) in [6, 6.07) is 0. The van der Waals surface area contributed by atoms with E-state index in [0.717, 1.165) is 34.2 Å². The molecule has 112 valence electrons. The van der Waals surface area contributed by atoms with Gasteiger partial charge in [0, 0.05) is 34.2 Å². The van der Waals surface area contributed by atoms with Crippen molar-refractivity contribution in [3.63, 3.8) is 0 Å². The molecule has 0 N–H and O–H groups in total. The Kier molecular flexibility index (Phi) is 7.46. The van der Waals surface area contributed by atoms with Crippen molar-refractivity contribution in [3.8, 4) is 0 Å². The van der Waals surface area contributed by atoms with Crippen LogP contribution in [0.2, 0.25) is 0 Å². The standard InChI is InChI=1S/C16H30OS2/c1-3-5-7-13-15(18-13)9-11-17-12-10-16-14(19-16)8-6-4-2/h13-16H,3-12H2,1-2H3. The van der Waals surface area contributed by atoms with Crippen LogP contribution in [0.3, 0.4) is 0 Å². The fourth-order valence-corrected chi connectivity index (χ4v) is 5.02. The Morgan fingerprint density at radius 1 is 0.684 bits per heavy atom. The van der Waals surface area contributed by atoms with Gasteiger partial charge in [-0.2, -0.15) is 23.5 Å². The second-order valence-corrected chi connectivity index (χ2v) is 8.87. The van der Waals surface area contributed by atoms with Crippen molar-refractivity contribution in [1.82, 2.24) is 0 Å². The van der Waals surface area contributed by atoms with Crippen LogP contribution in [0, 0.1) is 0 Å². The quantitative estimate of drug-likeness (QED) is 0.365. The van der Waals surface area contributed by atoms with E-state index in [1.807, 2.05) is 0 Å². The summed E-state index contributed by atoms with van der Waals surface area (Å²) in [6.07, 6.45) is 11.0. The van der Waals surface area contributed by atoms with Crippen molar-refractivity contribution >= 4 is 23.5 Å². The molecule has 2 saturated heterocycles. The summed E-state index contributed by atoms with van der Waals surface area (Å²) < 4.78 is 5.81. The van der Waals surface area contributed by atoms with E-state index in [4.69, 9.17) is 4.74 Å². The van der Waals surface area contributed by atoms with Crippen molar-refractivity contribution in [2.45, 2.75) is 86.2 Å².